The maximum atomic E-state index is 12.5. The summed E-state index contributed by atoms with van der Waals surface area (Å²) >= 11 is 0. The van der Waals surface area contributed by atoms with E-state index in [1.54, 1.807) is 6.92 Å². The highest BCUT2D eigenvalue weighted by atomic mass is 32.2. The number of hydrogen-bond acceptors (Lipinski definition) is 3. The Hall–Kier alpha value is -1.07. The third-order valence-electron chi connectivity index (χ3n) is 4.42. The molecule has 0 aromatic heterocycles. The van der Waals surface area contributed by atoms with Gasteiger partial charge in [-0.3, -0.25) is 0 Å². The van der Waals surface area contributed by atoms with Crippen LogP contribution in [0.3, 0.4) is 0 Å². The number of nitrogens with two attached hydrogens (primary N) is 1. The Labute approximate surface area is 121 Å². The molecule has 0 unspecified atom stereocenters. The Bertz CT molecular complexity index is 579. The molecule has 4 nitrogen and oxygen atoms in total. The fourth-order valence-corrected chi connectivity index (χ4v) is 4.31. The first-order chi connectivity index (χ1) is 9.33. The van der Waals surface area contributed by atoms with Crippen molar-refractivity contribution in [3.63, 3.8) is 0 Å². The molecule has 2 rings (SSSR count). The molecule has 1 aromatic rings. The molecule has 1 fully saturated rings. The molecule has 112 valence electrons. The molecule has 0 aliphatic heterocycles. The van der Waals surface area contributed by atoms with Crippen molar-refractivity contribution in [2.45, 2.75) is 51.3 Å². The van der Waals surface area contributed by atoms with Crippen LogP contribution in [0.1, 0.15) is 42.4 Å². The molecule has 20 heavy (non-hydrogen) atoms. The molecule has 0 amide bonds. The summed E-state index contributed by atoms with van der Waals surface area (Å²) < 4.78 is 27.7. The monoisotopic (exact) mass is 296 g/mol. The zero-order valence-electron chi connectivity index (χ0n) is 12.5. The fourth-order valence-electron chi connectivity index (χ4n) is 2.70. The van der Waals surface area contributed by atoms with Crippen molar-refractivity contribution in [1.82, 2.24) is 4.72 Å². The second-order valence-corrected chi connectivity index (χ2v) is 7.55. The maximum absolute atomic E-state index is 12.5. The second kappa shape index (κ2) is 5.74. The van der Waals surface area contributed by atoms with Gasteiger partial charge in [0.1, 0.15) is 0 Å². The van der Waals surface area contributed by atoms with Crippen molar-refractivity contribution < 1.29 is 8.42 Å². The van der Waals surface area contributed by atoms with Crippen molar-refractivity contribution in [3.05, 3.63) is 22.8 Å². The SMILES string of the molecule is Cc1cc(N)c(C)c(S(=O)(=O)NCCC2CCC2)c1C. The van der Waals surface area contributed by atoms with E-state index in [1.165, 1.54) is 19.3 Å². The molecule has 1 saturated carbocycles. The van der Waals surface area contributed by atoms with Gasteiger partial charge in [0.25, 0.3) is 0 Å². The summed E-state index contributed by atoms with van der Waals surface area (Å²) in [6.07, 6.45) is 4.68. The normalized spacial score (nSPS) is 16.1. The molecular weight excluding hydrogens is 272 g/mol. The van der Waals surface area contributed by atoms with Gasteiger partial charge in [0, 0.05) is 12.2 Å². The van der Waals surface area contributed by atoms with E-state index in [0.29, 0.717) is 28.6 Å². The van der Waals surface area contributed by atoms with Gasteiger partial charge in [-0.15, -0.1) is 0 Å². The average molecular weight is 296 g/mol. The van der Waals surface area contributed by atoms with Gasteiger partial charge in [-0.25, -0.2) is 13.1 Å². The van der Waals surface area contributed by atoms with Crippen LogP contribution in [0.15, 0.2) is 11.0 Å². The van der Waals surface area contributed by atoms with Crippen LogP contribution in [0, 0.1) is 26.7 Å². The minimum absolute atomic E-state index is 0.351. The van der Waals surface area contributed by atoms with Gasteiger partial charge < -0.3 is 5.73 Å². The van der Waals surface area contributed by atoms with Gasteiger partial charge in [-0.2, -0.15) is 0 Å². The van der Waals surface area contributed by atoms with Crippen LogP contribution >= 0.6 is 0 Å². The van der Waals surface area contributed by atoms with E-state index in [1.807, 2.05) is 19.9 Å². The molecule has 0 spiro atoms. The molecule has 1 aliphatic carbocycles. The van der Waals surface area contributed by atoms with Crippen LogP contribution in [0.4, 0.5) is 5.69 Å². The highest BCUT2D eigenvalue weighted by molar-refractivity contribution is 7.89. The quantitative estimate of drug-likeness (QED) is 0.821. The number of anilines is 1. The molecule has 0 radical (unpaired) electrons. The van der Waals surface area contributed by atoms with Crippen LogP contribution < -0.4 is 10.5 Å². The number of nitrogens with one attached hydrogen (secondary N) is 1. The summed E-state index contributed by atoms with van der Waals surface area (Å²) in [5.74, 6) is 0.697. The van der Waals surface area contributed by atoms with Crippen molar-refractivity contribution in [2.75, 3.05) is 12.3 Å². The van der Waals surface area contributed by atoms with E-state index in [0.717, 1.165) is 17.5 Å². The smallest absolute Gasteiger partial charge is 0.241 e. The fraction of sp³-hybridized carbons (Fsp3) is 0.600. The van der Waals surface area contributed by atoms with Gasteiger partial charge in [0.05, 0.1) is 4.90 Å². The van der Waals surface area contributed by atoms with Gasteiger partial charge in [-0.05, 0) is 55.9 Å². The summed E-state index contributed by atoms with van der Waals surface area (Å²) in [5, 5.41) is 0. The summed E-state index contributed by atoms with van der Waals surface area (Å²) in [4.78, 5) is 0.351. The first-order valence-corrected chi connectivity index (χ1v) is 8.67. The lowest BCUT2D eigenvalue weighted by Crippen LogP contribution is -2.29. The zero-order chi connectivity index (χ0) is 14.9. The minimum Gasteiger partial charge on any atom is -0.398 e. The third kappa shape index (κ3) is 2.99. The Morgan fingerprint density at radius 3 is 2.45 bits per heavy atom. The lowest BCUT2D eigenvalue weighted by atomic mass is 9.83. The Morgan fingerprint density at radius 2 is 1.90 bits per heavy atom. The molecule has 5 heteroatoms. The molecule has 0 saturated heterocycles. The molecule has 0 heterocycles. The molecule has 0 atom stereocenters. The predicted octanol–water partition coefficient (Wildman–Crippen LogP) is 2.66. The van der Waals surface area contributed by atoms with Crippen LogP contribution in [0.2, 0.25) is 0 Å². The van der Waals surface area contributed by atoms with Crippen molar-refractivity contribution in [1.29, 1.82) is 0 Å². The van der Waals surface area contributed by atoms with Crippen molar-refractivity contribution in [2.24, 2.45) is 5.92 Å². The molecule has 1 aliphatic rings. The number of aryl methyl sites for hydroxylation is 1. The number of nitrogen functional groups attached to an aromatic ring is 1. The maximum Gasteiger partial charge on any atom is 0.241 e. The summed E-state index contributed by atoms with van der Waals surface area (Å²) in [7, 11) is -3.48. The molecule has 1 aromatic carbocycles. The van der Waals surface area contributed by atoms with Crippen LogP contribution in [0.25, 0.3) is 0 Å². The van der Waals surface area contributed by atoms with E-state index in [-0.39, 0.29) is 0 Å². The Balaban J connectivity index is 2.20. The van der Waals surface area contributed by atoms with E-state index in [9.17, 15) is 8.42 Å². The third-order valence-corrected chi connectivity index (χ3v) is 6.15. The van der Waals surface area contributed by atoms with Crippen molar-refractivity contribution >= 4 is 15.7 Å². The Morgan fingerprint density at radius 1 is 1.25 bits per heavy atom. The zero-order valence-corrected chi connectivity index (χ0v) is 13.3. The van der Waals surface area contributed by atoms with Crippen LogP contribution in [-0.2, 0) is 10.0 Å². The number of hydrogen-bond donors (Lipinski definition) is 2. The summed E-state index contributed by atoms with van der Waals surface area (Å²) in [6.45, 7) is 6.00. The molecular formula is C15H24N2O2S. The molecule has 0 bridgehead atoms. The van der Waals surface area contributed by atoms with Gasteiger partial charge in [0.15, 0.2) is 0 Å². The second-order valence-electron chi connectivity index (χ2n) is 5.85. The highest BCUT2D eigenvalue weighted by Crippen LogP contribution is 2.30. The topological polar surface area (TPSA) is 72.2 Å². The number of sulfonamides is 1. The summed E-state index contributed by atoms with van der Waals surface area (Å²) in [5.41, 5.74) is 8.77. The lowest BCUT2D eigenvalue weighted by Gasteiger charge is -2.25. The minimum atomic E-state index is -3.48. The average Bonchev–Trinajstić information content (AvgIpc) is 2.30. The van der Waals surface area contributed by atoms with E-state index in [2.05, 4.69) is 4.72 Å². The molecule has 3 N–H and O–H groups in total. The van der Waals surface area contributed by atoms with Gasteiger partial charge >= 0.3 is 0 Å². The number of benzene rings is 1. The van der Waals surface area contributed by atoms with Gasteiger partial charge in [0.2, 0.25) is 10.0 Å². The lowest BCUT2D eigenvalue weighted by molar-refractivity contribution is 0.297. The predicted molar refractivity (Wildman–Crippen MR) is 82.2 cm³/mol. The van der Waals surface area contributed by atoms with Crippen LogP contribution in [0.5, 0.6) is 0 Å². The van der Waals surface area contributed by atoms with Gasteiger partial charge in [-0.1, -0.05) is 19.3 Å². The van der Waals surface area contributed by atoms with Crippen molar-refractivity contribution in [3.8, 4) is 0 Å². The van der Waals surface area contributed by atoms with E-state index >= 15 is 0 Å². The van der Waals surface area contributed by atoms with Crippen LogP contribution in [-0.4, -0.2) is 15.0 Å². The van der Waals surface area contributed by atoms with E-state index in [4.69, 9.17) is 5.73 Å². The standard InChI is InChI=1S/C15H24N2O2S/c1-10-9-14(16)12(3)15(11(10)2)20(18,19)17-8-7-13-5-4-6-13/h9,13,17H,4-8,16H2,1-3H3. The number of rotatable bonds is 5. The first-order valence-electron chi connectivity index (χ1n) is 7.19. The Kier molecular flexibility index (Phi) is 4.39. The van der Waals surface area contributed by atoms with E-state index < -0.39 is 10.0 Å². The first kappa shape index (κ1) is 15.3. The largest absolute Gasteiger partial charge is 0.398 e. The summed E-state index contributed by atoms with van der Waals surface area (Å²) in [6, 6.07) is 1.83. The highest BCUT2D eigenvalue weighted by Gasteiger charge is 2.23.